The Kier molecular flexibility index (Phi) is 3.77. The third-order valence-electron chi connectivity index (χ3n) is 3.90. The van der Waals surface area contributed by atoms with Crippen LogP contribution < -0.4 is 5.32 Å². The molecule has 1 aromatic heterocycles. The molecule has 1 N–H and O–H groups in total. The molecule has 1 aliphatic carbocycles. The quantitative estimate of drug-likeness (QED) is 0.928. The molecule has 0 saturated heterocycles. The fraction of sp³-hybridized carbons (Fsp3) is 0.294. The highest BCUT2D eigenvalue weighted by atomic mass is 16.1. The standard InChI is InChI=1S/C17H18N2O/c20-17(16-10-3-4-11-18-16)19-12-14-8-5-7-13-6-1-2-9-15(13)14/h1-4,6,9-11,14H,5,7-8,12H2,(H,19,20)/t14-/m1/s1. The second-order valence-corrected chi connectivity index (χ2v) is 5.21. The molecule has 3 nitrogen and oxygen atoms in total. The molecule has 2 aromatic rings. The Morgan fingerprint density at radius 1 is 1.20 bits per heavy atom. The fourth-order valence-corrected chi connectivity index (χ4v) is 2.87. The first-order valence-electron chi connectivity index (χ1n) is 7.11. The molecule has 1 heterocycles. The van der Waals surface area contributed by atoms with Crippen LogP contribution in [-0.4, -0.2) is 17.4 Å². The zero-order chi connectivity index (χ0) is 13.8. The lowest BCUT2D eigenvalue weighted by atomic mass is 9.83. The predicted octanol–water partition coefficient (Wildman–Crippen LogP) is 2.93. The summed E-state index contributed by atoms with van der Waals surface area (Å²) in [5, 5.41) is 3.01. The average Bonchev–Trinajstić information content (AvgIpc) is 2.53. The number of benzene rings is 1. The maximum atomic E-state index is 12.0. The Bertz CT molecular complexity index is 595. The molecule has 1 aliphatic rings. The lowest BCUT2D eigenvalue weighted by Crippen LogP contribution is -2.30. The summed E-state index contributed by atoms with van der Waals surface area (Å²) in [7, 11) is 0. The summed E-state index contributed by atoms with van der Waals surface area (Å²) >= 11 is 0. The second-order valence-electron chi connectivity index (χ2n) is 5.21. The van der Waals surface area contributed by atoms with Gasteiger partial charge in [-0.2, -0.15) is 0 Å². The molecule has 1 amide bonds. The minimum Gasteiger partial charge on any atom is -0.350 e. The zero-order valence-electron chi connectivity index (χ0n) is 11.4. The van der Waals surface area contributed by atoms with Crippen molar-refractivity contribution in [2.24, 2.45) is 0 Å². The van der Waals surface area contributed by atoms with Crippen molar-refractivity contribution in [2.75, 3.05) is 6.54 Å². The topological polar surface area (TPSA) is 42.0 Å². The highest BCUT2D eigenvalue weighted by molar-refractivity contribution is 5.92. The molecule has 0 fully saturated rings. The number of carbonyl (C=O) groups is 1. The van der Waals surface area contributed by atoms with Crippen molar-refractivity contribution in [1.29, 1.82) is 0 Å². The minimum absolute atomic E-state index is 0.0892. The van der Waals surface area contributed by atoms with E-state index in [0.717, 1.165) is 12.8 Å². The van der Waals surface area contributed by atoms with Crippen molar-refractivity contribution in [1.82, 2.24) is 10.3 Å². The predicted molar refractivity (Wildman–Crippen MR) is 78.7 cm³/mol. The number of nitrogens with zero attached hydrogens (tertiary/aromatic N) is 1. The lowest BCUT2D eigenvalue weighted by Gasteiger charge is -2.25. The number of hydrogen-bond donors (Lipinski definition) is 1. The van der Waals surface area contributed by atoms with Crippen molar-refractivity contribution in [2.45, 2.75) is 25.2 Å². The van der Waals surface area contributed by atoms with E-state index in [1.807, 2.05) is 12.1 Å². The number of amides is 1. The van der Waals surface area contributed by atoms with Gasteiger partial charge in [0.1, 0.15) is 5.69 Å². The SMILES string of the molecule is O=C(NC[C@H]1CCCc2ccccc21)c1ccccn1. The minimum atomic E-state index is -0.0892. The van der Waals surface area contributed by atoms with Crippen molar-refractivity contribution >= 4 is 5.91 Å². The summed E-state index contributed by atoms with van der Waals surface area (Å²) in [5.74, 6) is 0.335. The third kappa shape index (κ3) is 2.72. The summed E-state index contributed by atoms with van der Waals surface area (Å²) in [5.41, 5.74) is 3.30. The van der Waals surface area contributed by atoms with Gasteiger partial charge in [-0.3, -0.25) is 9.78 Å². The average molecular weight is 266 g/mol. The normalized spacial score (nSPS) is 17.3. The maximum absolute atomic E-state index is 12.0. The molecule has 0 unspecified atom stereocenters. The van der Waals surface area contributed by atoms with Gasteiger partial charge in [-0.05, 0) is 42.5 Å². The number of rotatable bonds is 3. The van der Waals surface area contributed by atoms with Gasteiger partial charge in [-0.1, -0.05) is 30.3 Å². The second kappa shape index (κ2) is 5.87. The van der Waals surface area contributed by atoms with Gasteiger partial charge in [-0.25, -0.2) is 0 Å². The molecule has 102 valence electrons. The largest absolute Gasteiger partial charge is 0.350 e. The van der Waals surface area contributed by atoms with Crippen molar-refractivity contribution < 1.29 is 4.79 Å². The molecule has 0 spiro atoms. The van der Waals surface area contributed by atoms with Gasteiger partial charge in [0.15, 0.2) is 0 Å². The number of aromatic nitrogens is 1. The van der Waals surface area contributed by atoms with E-state index in [4.69, 9.17) is 0 Å². The van der Waals surface area contributed by atoms with Crippen LogP contribution in [0.4, 0.5) is 0 Å². The highest BCUT2D eigenvalue weighted by Gasteiger charge is 2.20. The Hall–Kier alpha value is -2.16. The Morgan fingerprint density at radius 3 is 2.90 bits per heavy atom. The molecule has 0 radical (unpaired) electrons. The number of hydrogen-bond acceptors (Lipinski definition) is 2. The molecular formula is C17H18N2O. The third-order valence-corrected chi connectivity index (χ3v) is 3.90. The van der Waals surface area contributed by atoms with Gasteiger partial charge in [-0.15, -0.1) is 0 Å². The van der Waals surface area contributed by atoms with E-state index in [-0.39, 0.29) is 5.91 Å². The van der Waals surface area contributed by atoms with Crippen molar-refractivity contribution in [3.05, 3.63) is 65.5 Å². The van der Waals surface area contributed by atoms with Crippen LogP contribution in [0.5, 0.6) is 0 Å². The maximum Gasteiger partial charge on any atom is 0.269 e. The summed E-state index contributed by atoms with van der Waals surface area (Å²) in [4.78, 5) is 16.1. The number of aryl methyl sites for hydroxylation is 1. The van der Waals surface area contributed by atoms with E-state index in [0.29, 0.717) is 18.2 Å². The molecule has 3 rings (SSSR count). The van der Waals surface area contributed by atoms with Crippen LogP contribution in [-0.2, 0) is 6.42 Å². The molecule has 0 saturated carbocycles. The monoisotopic (exact) mass is 266 g/mol. The summed E-state index contributed by atoms with van der Waals surface area (Å²) < 4.78 is 0. The molecule has 20 heavy (non-hydrogen) atoms. The smallest absolute Gasteiger partial charge is 0.269 e. The number of nitrogens with one attached hydrogen (secondary N) is 1. The molecule has 0 bridgehead atoms. The molecule has 3 heteroatoms. The van der Waals surface area contributed by atoms with Crippen LogP contribution in [0.2, 0.25) is 0 Å². The van der Waals surface area contributed by atoms with Gasteiger partial charge < -0.3 is 5.32 Å². The van der Waals surface area contributed by atoms with E-state index in [9.17, 15) is 4.79 Å². The first-order chi connectivity index (χ1) is 9.84. The van der Waals surface area contributed by atoms with Gasteiger partial charge in [0, 0.05) is 18.7 Å². The van der Waals surface area contributed by atoms with Crippen molar-refractivity contribution in [3.63, 3.8) is 0 Å². The first kappa shape index (κ1) is 12.9. The van der Waals surface area contributed by atoms with Crippen LogP contribution in [0, 0.1) is 0 Å². The van der Waals surface area contributed by atoms with Crippen LogP contribution in [0.3, 0.4) is 0 Å². The Labute approximate surface area is 119 Å². The first-order valence-corrected chi connectivity index (χ1v) is 7.11. The lowest BCUT2D eigenvalue weighted by molar-refractivity contribution is 0.0945. The number of carbonyl (C=O) groups excluding carboxylic acids is 1. The number of pyridine rings is 1. The van der Waals surface area contributed by atoms with E-state index >= 15 is 0 Å². The van der Waals surface area contributed by atoms with Gasteiger partial charge in [0.05, 0.1) is 0 Å². The Balaban J connectivity index is 1.67. The van der Waals surface area contributed by atoms with Gasteiger partial charge >= 0.3 is 0 Å². The summed E-state index contributed by atoms with van der Waals surface area (Å²) in [6, 6.07) is 13.9. The van der Waals surface area contributed by atoms with E-state index in [1.54, 1.807) is 12.3 Å². The summed E-state index contributed by atoms with van der Waals surface area (Å²) in [6.07, 6.45) is 5.13. The molecule has 1 atom stereocenters. The van der Waals surface area contributed by atoms with E-state index < -0.39 is 0 Å². The van der Waals surface area contributed by atoms with Crippen LogP contribution >= 0.6 is 0 Å². The Morgan fingerprint density at radius 2 is 2.05 bits per heavy atom. The highest BCUT2D eigenvalue weighted by Crippen LogP contribution is 2.30. The molecule has 1 aromatic carbocycles. The van der Waals surface area contributed by atoms with Crippen molar-refractivity contribution in [3.8, 4) is 0 Å². The molecular weight excluding hydrogens is 248 g/mol. The van der Waals surface area contributed by atoms with Gasteiger partial charge in [0.2, 0.25) is 0 Å². The van der Waals surface area contributed by atoms with Crippen LogP contribution in [0.15, 0.2) is 48.7 Å². The fourth-order valence-electron chi connectivity index (χ4n) is 2.87. The van der Waals surface area contributed by atoms with Gasteiger partial charge in [0.25, 0.3) is 5.91 Å². The zero-order valence-corrected chi connectivity index (χ0v) is 11.4. The van der Waals surface area contributed by atoms with E-state index in [1.165, 1.54) is 17.5 Å². The van der Waals surface area contributed by atoms with Crippen LogP contribution in [0.1, 0.15) is 40.4 Å². The van der Waals surface area contributed by atoms with E-state index in [2.05, 4.69) is 34.6 Å². The summed E-state index contributed by atoms with van der Waals surface area (Å²) in [6.45, 7) is 0.687. The number of fused-ring (bicyclic) bond motifs is 1. The van der Waals surface area contributed by atoms with Crippen LogP contribution in [0.25, 0.3) is 0 Å². The molecule has 0 aliphatic heterocycles.